The highest BCUT2D eigenvalue weighted by atomic mass is 16.5. The van der Waals surface area contributed by atoms with Crippen molar-refractivity contribution in [3.63, 3.8) is 0 Å². The quantitative estimate of drug-likeness (QED) is 0.913. The van der Waals surface area contributed by atoms with Gasteiger partial charge in [0.1, 0.15) is 17.1 Å². The Hall–Kier alpha value is -2.56. The van der Waals surface area contributed by atoms with Gasteiger partial charge in [0.25, 0.3) is 0 Å². The van der Waals surface area contributed by atoms with Crippen molar-refractivity contribution in [3.8, 4) is 22.6 Å². The number of rotatable bonds is 4. The van der Waals surface area contributed by atoms with Crippen LogP contribution in [-0.2, 0) is 0 Å². The summed E-state index contributed by atoms with van der Waals surface area (Å²) in [5.41, 5.74) is 1.68. The van der Waals surface area contributed by atoms with Crippen molar-refractivity contribution in [3.05, 3.63) is 42.2 Å². The predicted octanol–water partition coefficient (Wildman–Crippen LogP) is 2.46. The second-order valence-electron chi connectivity index (χ2n) is 3.80. The van der Waals surface area contributed by atoms with Crippen LogP contribution in [0.1, 0.15) is 10.4 Å². The molecule has 2 aromatic rings. The Kier molecular flexibility index (Phi) is 3.66. The number of pyridine rings is 1. The summed E-state index contributed by atoms with van der Waals surface area (Å²) < 4.78 is 10.4. The minimum atomic E-state index is -1.03. The molecule has 0 aliphatic rings. The number of aromatic nitrogens is 1. The van der Waals surface area contributed by atoms with Gasteiger partial charge in [-0.2, -0.15) is 0 Å². The number of aromatic carboxylic acids is 1. The smallest absolute Gasteiger partial charge is 0.339 e. The number of carboxylic acid groups (broad SMARTS) is 1. The Morgan fingerprint density at radius 2 is 1.89 bits per heavy atom. The number of ether oxygens (including phenoxy) is 2. The number of hydrogen-bond acceptors (Lipinski definition) is 4. The molecule has 1 N–H and O–H groups in total. The molecule has 19 heavy (non-hydrogen) atoms. The van der Waals surface area contributed by atoms with Gasteiger partial charge in [0.15, 0.2) is 0 Å². The Bertz CT molecular complexity index is 610. The van der Waals surface area contributed by atoms with Gasteiger partial charge < -0.3 is 14.6 Å². The Morgan fingerprint density at radius 3 is 2.53 bits per heavy atom. The molecule has 0 radical (unpaired) electrons. The van der Waals surface area contributed by atoms with Crippen LogP contribution < -0.4 is 9.47 Å². The second-order valence-corrected chi connectivity index (χ2v) is 3.80. The fourth-order valence-corrected chi connectivity index (χ4v) is 1.81. The molecule has 1 aromatic heterocycles. The molecule has 0 amide bonds. The van der Waals surface area contributed by atoms with Gasteiger partial charge in [-0.1, -0.05) is 6.07 Å². The maximum atomic E-state index is 11.0. The van der Waals surface area contributed by atoms with Crippen molar-refractivity contribution < 1.29 is 19.4 Å². The van der Waals surface area contributed by atoms with Gasteiger partial charge in [0.2, 0.25) is 0 Å². The molecule has 1 heterocycles. The predicted molar refractivity (Wildman–Crippen MR) is 69.7 cm³/mol. The lowest BCUT2D eigenvalue weighted by Crippen LogP contribution is -2.00. The van der Waals surface area contributed by atoms with Crippen LogP contribution in [0, 0.1) is 0 Å². The highest BCUT2D eigenvalue weighted by Gasteiger charge is 2.13. The second kappa shape index (κ2) is 5.39. The summed E-state index contributed by atoms with van der Waals surface area (Å²) in [5.74, 6) is -0.0578. The average Bonchev–Trinajstić information content (AvgIpc) is 2.46. The number of benzene rings is 1. The van der Waals surface area contributed by atoms with E-state index < -0.39 is 5.97 Å². The molecule has 0 bridgehead atoms. The number of methoxy groups -OCH3 is 2. The molecule has 0 spiro atoms. The number of nitrogens with zero attached hydrogens (tertiary/aromatic N) is 1. The van der Waals surface area contributed by atoms with Crippen LogP contribution in [0.2, 0.25) is 0 Å². The third kappa shape index (κ3) is 2.49. The van der Waals surface area contributed by atoms with Gasteiger partial charge in [0.05, 0.1) is 14.2 Å². The molecule has 5 nitrogen and oxygen atoms in total. The van der Waals surface area contributed by atoms with E-state index in [-0.39, 0.29) is 5.56 Å². The van der Waals surface area contributed by atoms with Crippen molar-refractivity contribution in [2.75, 3.05) is 14.2 Å². The van der Waals surface area contributed by atoms with Crippen molar-refractivity contribution >= 4 is 5.97 Å². The maximum Gasteiger partial charge on any atom is 0.339 e. The van der Waals surface area contributed by atoms with E-state index in [0.717, 1.165) is 11.1 Å². The van der Waals surface area contributed by atoms with Crippen molar-refractivity contribution in [2.24, 2.45) is 0 Å². The molecule has 1 aromatic carbocycles. The first-order chi connectivity index (χ1) is 9.17. The van der Waals surface area contributed by atoms with Crippen molar-refractivity contribution in [1.29, 1.82) is 0 Å². The summed E-state index contributed by atoms with van der Waals surface area (Å²) in [7, 11) is 3.01. The molecule has 0 aliphatic carbocycles. The van der Waals surface area contributed by atoms with Gasteiger partial charge in [-0.25, -0.2) is 4.79 Å². The van der Waals surface area contributed by atoms with E-state index >= 15 is 0 Å². The summed E-state index contributed by atoms with van der Waals surface area (Å²) in [6.45, 7) is 0. The number of carboxylic acids is 1. The van der Waals surface area contributed by atoms with Crippen LogP contribution in [0.25, 0.3) is 11.1 Å². The van der Waals surface area contributed by atoms with Crippen LogP contribution in [0.5, 0.6) is 11.5 Å². The molecular weight excluding hydrogens is 246 g/mol. The zero-order valence-corrected chi connectivity index (χ0v) is 10.6. The van der Waals surface area contributed by atoms with E-state index in [1.807, 2.05) is 0 Å². The van der Waals surface area contributed by atoms with E-state index in [2.05, 4.69) is 4.98 Å². The molecule has 0 unspecified atom stereocenters. The third-order valence-electron chi connectivity index (χ3n) is 2.74. The molecule has 0 atom stereocenters. The highest BCUT2D eigenvalue weighted by molar-refractivity contribution is 5.92. The van der Waals surface area contributed by atoms with Crippen molar-refractivity contribution in [1.82, 2.24) is 4.98 Å². The van der Waals surface area contributed by atoms with Crippen LogP contribution in [0.15, 0.2) is 36.7 Å². The Morgan fingerprint density at radius 1 is 1.16 bits per heavy atom. The minimum absolute atomic E-state index is 0.120. The van der Waals surface area contributed by atoms with Gasteiger partial charge in [0, 0.05) is 18.0 Å². The summed E-state index contributed by atoms with van der Waals surface area (Å²) in [6, 6.07) is 6.60. The molecule has 5 heteroatoms. The monoisotopic (exact) mass is 259 g/mol. The first kappa shape index (κ1) is 12.9. The third-order valence-corrected chi connectivity index (χ3v) is 2.74. The highest BCUT2D eigenvalue weighted by Crippen LogP contribution is 2.32. The van der Waals surface area contributed by atoms with Gasteiger partial charge in [-0.15, -0.1) is 0 Å². The van der Waals surface area contributed by atoms with Crippen LogP contribution in [0.4, 0.5) is 0 Å². The molecule has 0 aliphatic heterocycles. The topological polar surface area (TPSA) is 68.7 Å². The first-order valence-electron chi connectivity index (χ1n) is 5.57. The molecule has 2 rings (SSSR count). The Balaban J connectivity index is 2.55. The van der Waals surface area contributed by atoms with Gasteiger partial charge >= 0.3 is 5.97 Å². The average molecular weight is 259 g/mol. The largest absolute Gasteiger partial charge is 0.496 e. The van der Waals surface area contributed by atoms with Gasteiger partial charge in [-0.05, 0) is 23.8 Å². The lowest BCUT2D eigenvalue weighted by Gasteiger charge is -2.10. The molecule has 0 fully saturated rings. The number of carbonyl (C=O) groups is 1. The zero-order valence-electron chi connectivity index (χ0n) is 10.6. The van der Waals surface area contributed by atoms with Crippen LogP contribution in [-0.4, -0.2) is 30.3 Å². The summed E-state index contributed by atoms with van der Waals surface area (Å²) >= 11 is 0. The fraction of sp³-hybridized carbons (Fsp3) is 0.143. The first-order valence-corrected chi connectivity index (χ1v) is 5.57. The molecule has 98 valence electrons. The lowest BCUT2D eigenvalue weighted by molar-refractivity contribution is 0.0693. The van der Waals surface area contributed by atoms with E-state index in [1.165, 1.54) is 13.2 Å². The molecule has 0 saturated carbocycles. The van der Waals surface area contributed by atoms with E-state index in [1.54, 1.807) is 37.7 Å². The number of hydrogen-bond donors (Lipinski definition) is 1. The lowest BCUT2D eigenvalue weighted by atomic mass is 10.0. The zero-order chi connectivity index (χ0) is 13.8. The van der Waals surface area contributed by atoms with Gasteiger partial charge in [-0.3, -0.25) is 4.98 Å². The van der Waals surface area contributed by atoms with Crippen LogP contribution >= 0.6 is 0 Å². The summed E-state index contributed by atoms with van der Waals surface area (Å²) in [5, 5.41) is 9.04. The van der Waals surface area contributed by atoms with Crippen molar-refractivity contribution in [2.45, 2.75) is 0 Å². The maximum absolute atomic E-state index is 11.0. The fourth-order valence-electron chi connectivity index (χ4n) is 1.81. The standard InChI is InChI=1S/C14H13NO4/c1-18-12-5-6-15-8-11(12)9-3-4-10(14(16)17)13(7-9)19-2/h3-8H,1-2H3,(H,16,17). The minimum Gasteiger partial charge on any atom is -0.496 e. The normalized spacial score (nSPS) is 10.0. The Labute approximate surface area is 110 Å². The summed E-state index contributed by atoms with van der Waals surface area (Å²) in [6.07, 6.45) is 3.29. The SMILES string of the molecule is COc1cc(-c2cnccc2OC)ccc1C(=O)O. The van der Waals surface area contributed by atoms with Crippen LogP contribution in [0.3, 0.4) is 0 Å². The van der Waals surface area contributed by atoms with E-state index in [0.29, 0.717) is 11.5 Å². The molecule has 0 saturated heterocycles. The summed E-state index contributed by atoms with van der Waals surface area (Å²) in [4.78, 5) is 15.1. The van der Waals surface area contributed by atoms with E-state index in [4.69, 9.17) is 14.6 Å². The van der Waals surface area contributed by atoms with E-state index in [9.17, 15) is 4.79 Å². The molecular formula is C14H13NO4.